The van der Waals surface area contributed by atoms with Crippen molar-refractivity contribution in [1.82, 2.24) is 14.3 Å². The number of aromatic nitrogens is 2. The molecular formula is C10H19N3O3S. The molecule has 0 aliphatic carbocycles. The van der Waals surface area contributed by atoms with E-state index in [1.165, 1.54) is 0 Å². The standard InChI is InChI=1S/C10H19N3O3S/c1-10(8-13-5-4-11-9-13)12-17(15,16)7-3-2-6-14/h4-5,9-10,12,14H,2-3,6-8H2,1H3. The summed E-state index contributed by atoms with van der Waals surface area (Å²) in [5.41, 5.74) is 0. The topological polar surface area (TPSA) is 84.2 Å². The van der Waals surface area contributed by atoms with Gasteiger partial charge in [0.1, 0.15) is 0 Å². The van der Waals surface area contributed by atoms with E-state index in [1.807, 2.05) is 11.5 Å². The molecule has 0 fully saturated rings. The largest absolute Gasteiger partial charge is 0.396 e. The maximum atomic E-state index is 11.6. The van der Waals surface area contributed by atoms with Crippen LogP contribution in [-0.2, 0) is 16.6 Å². The Morgan fingerprint density at radius 2 is 2.24 bits per heavy atom. The van der Waals surface area contributed by atoms with Crippen molar-refractivity contribution in [3.05, 3.63) is 18.7 Å². The number of unbranched alkanes of at least 4 members (excludes halogenated alkanes) is 1. The van der Waals surface area contributed by atoms with Gasteiger partial charge in [-0.05, 0) is 19.8 Å². The van der Waals surface area contributed by atoms with Crippen LogP contribution in [0, 0.1) is 0 Å². The van der Waals surface area contributed by atoms with Gasteiger partial charge in [-0.15, -0.1) is 0 Å². The van der Waals surface area contributed by atoms with Crippen LogP contribution in [0.4, 0.5) is 0 Å². The van der Waals surface area contributed by atoms with Crippen molar-refractivity contribution >= 4 is 10.0 Å². The normalized spacial score (nSPS) is 13.8. The second-order valence-electron chi connectivity index (χ2n) is 4.03. The van der Waals surface area contributed by atoms with Crippen molar-refractivity contribution in [3.8, 4) is 0 Å². The molecule has 0 aliphatic rings. The quantitative estimate of drug-likeness (QED) is 0.643. The predicted octanol–water partition coefficient (Wildman–Crippen LogP) is -0.0365. The van der Waals surface area contributed by atoms with E-state index in [1.54, 1.807) is 18.7 Å². The van der Waals surface area contributed by atoms with Gasteiger partial charge >= 0.3 is 0 Å². The average Bonchev–Trinajstić information content (AvgIpc) is 2.69. The Bertz CT molecular complexity index is 402. The molecule has 1 rings (SSSR count). The summed E-state index contributed by atoms with van der Waals surface area (Å²) in [6, 6.07) is -0.177. The van der Waals surface area contributed by atoms with Gasteiger partial charge in [-0.2, -0.15) is 0 Å². The Hall–Kier alpha value is -0.920. The van der Waals surface area contributed by atoms with E-state index in [0.717, 1.165) is 0 Å². The Labute approximate surface area is 102 Å². The number of aliphatic hydroxyl groups excluding tert-OH is 1. The summed E-state index contributed by atoms with van der Waals surface area (Å²) in [4.78, 5) is 3.89. The molecule has 1 aromatic rings. The zero-order chi connectivity index (χ0) is 12.7. The van der Waals surface area contributed by atoms with E-state index >= 15 is 0 Å². The van der Waals surface area contributed by atoms with Crippen molar-refractivity contribution in [2.45, 2.75) is 32.4 Å². The van der Waals surface area contributed by atoms with Gasteiger partial charge in [0.25, 0.3) is 0 Å². The molecule has 0 saturated carbocycles. The molecular weight excluding hydrogens is 242 g/mol. The minimum atomic E-state index is -3.25. The first-order chi connectivity index (χ1) is 8.03. The summed E-state index contributed by atoms with van der Waals surface area (Å²) in [7, 11) is -3.25. The smallest absolute Gasteiger partial charge is 0.211 e. The average molecular weight is 261 g/mol. The van der Waals surface area contributed by atoms with Gasteiger partial charge in [0.05, 0.1) is 12.1 Å². The van der Waals surface area contributed by atoms with E-state index in [2.05, 4.69) is 9.71 Å². The zero-order valence-corrected chi connectivity index (χ0v) is 10.7. The van der Waals surface area contributed by atoms with Gasteiger partial charge in [-0.1, -0.05) is 0 Å². The molecule has 0 radical (unpaired) electrons. The highest BCUT2D eigenvalue weighted by Gasteiger charge is 2.14. The Balaban J connectivity index is 2.36. The molecule has 1 atom stereocenters. The third kappa shape index (κ3) is 5.81. The Morgan fingerprint density at radius 3 is 2.82 bits per heavy atom. The first-order valence-electron chi connectivity index (χ1n) is 5.60. The SMILES string of the molecule is CC(Cn1ccnc1)NS(=O)(=O)CCCCO. The molecule has 0 saturated heterocycles. The number of nitrogens with one attached hydrogen (secondary N) is 1. The van der Waals surface area contributed by atoms with Gasteiger partial charge in [-0.25, -0.2) is 18.1 Å². The molecule has 0 aliphatic heterocycles. The second-order valence-corrected chi connectivity index (χ2v) is 5.90. The van der Waals surface area contributed by atoms with Gasteiger partial charge < -0.3 is 9.67 Å². The van der Waals surface area contributed by atoms with E-state index < -0.39 is 10.0 Å². The van der Waals surface area contributed by atoms with Crippen LogP contribution in [0.3, 0.4) is 0 Å². The van der Waals surface area contributed by atoms with Crippen LogP contribution in [0.1, 0.15) is 19.8 Å². The lowest BCUT2D eigenvalue weighted by molar-refractivity contribution is 0.287. The van der Waals surface area contributed by atoms with Crippen LogP contribution in [-0.4, -0.2) is 41.5 Å². The fourth-order valence-corrected chi connectivity index (χ4v) is 2.91. The fourth-order valence-electron chi connectivity index (χ4n) is 1.52. The van der Waals surface area contributed by atoms with E-state index in [9.17, 15) is 8.42 Å². The third-order valence-corrected chi connectivity index (χ3v) is 3.83. The molecule has 0 amide bonds. The molecule has 1 heterocycles. The molecule has 2 N–H and O–H groups in total. The molecule has 0 bridgehead atoms. The van der Waals surface area contributed by atoms with Gasteiger partial charge in [0.15, 0.2) is 0 Å². The maximum absolute atomic E-state index is 11.6. The monoisotopic (exact) mass is 261 g/mol. The van der Waals surface area contributed by atoms with E-state index in [-0.39, 0.29) is 18.4 Å². The van der Waals surface area contributed by atoms with E-state index in [4.69, 9.17) is 5.11 Å². The van der Waals surface area contributed by atoms with Crippen molar-refractivity contribution in [1.29, 1.82) is 0 Å². The van der Waals surface area contributed by atoms with E-state index in [0.29, 0.717) is 19.4 Å². The Morgan fingerprint density at radius 1 is 1.47 bits per heavy atom. The van der Waals surface area contributed by atoms with Crippen LogP contribution < -0.4 is 4.72 Å². The zero-order valence-electron chi connectivity index (χ0n) is 9.91. The lowest BCUT2D eigenvalue weighted by Crippen LogP contribution is -2.37. The minimum Gasteiger partial charge on any atom is -0.396 e. The number of nitrogens with zero attached hydrogens (tertiary/aromatic N) is 2. The number of aliphatic hydroxyl groups is 1. The lowest BCUT2D eigenvalue weighted by Gasteiger charge is -2.14. The van der Waals surface area contributed by atoms with Crippen molar-refractivity contribution in [2.75, 3.05) is 12.4 Å². The van der Waals surface area contributed by atoms with Crippen molar-refractivity contribution < 1.29 is 13.5 Å². The van der Waals surface area contributed by atoms with Crippen molar-refractivity contribution in [3.63, 3.8) is 0 Å². The highest BCUT2D eigenvalue weighted by Crippen LogP contribution is 1.98. The summed E-state index contributed by atoms with van der Waals surface area (Å²) < 4.78 is 27.7. The highest BCUT2D eigenvalue weighted by molar-refractivity contribution is 7.89. The number of sulfonamides is 1. The summed E-state index contributed by atoms with van der Waals surface area (Å²) in [6.45, 7) is 2.39. The predicted molar refractivity (Wildman–Crippen MR) is 64.9 cm³/mol. The molecule has 98 valence electrons. The summed E-state index contributed by atoms with van der Waals surface area (Å²) in [6.07, 6.45) is 6.08. The molecule has 7 heteroatoms. The van der Waals surface area contributed by atoms with Gasteiger partial charge in [-0.3, -0.25) is 0 Å². The first kappa shape index (κ1) is 14.1. The molecule has 17 heavy (non-hydrogen) atoms. The highest BCUT2D eigenvalue weighted by atomic mass is 32.2. The lowest BCUT2D eigenvalue weighted by atomic mass is 10.4. The molecule has 6 nitrogen and oxygen atoms in total. The molecule has 0 aromatic carbocycles. The Kier molecular flexibility index (Phi) is 5.60. The number of rotatable bonds is 8. The summed E-state index contributed by atoms with van der Waals surface area (Å²) in [5.74, 6) is 0.0574. The molecule has 0 spiro atoms. The van der Waals surface area contributed by atoms with Crippen LogP contribution >= 0.6 is 0 Å². The van der Waals surface area contributed by atoms with Crippen molar-refractivity contribution in [2.24, 2.45) is 0 Å². The first-order valence-corrected chi connectivity index (χ1v) is 7.25. The number of hydrogen-bond donors (Lipinski definition) is 2. The summed E-state index contributed by atoms with van der Waals surface area (Å²) >= 11 is 0. The maximum Gasteiger partial charge on any atom is 0.211 e. The molecule has 1 unspecified atom stereocenters. The van der Waals surface area contributed by atoms with Crippen LogP contribution in [0.25, 0.3) is 0 Å². The minimum absolute atomic E-state index is 0.0279. The molecule has 1 aromatic heterocycles. The van der Waals surface area contributed by atoms with Gasteiger partial charge in [0, 0.05) is 31.6 Å². The van der Waals surface area contributed by atoms with Crippen LogP contribution in [0.2, 0.25) is 0 Å². The fraction of sp³-hybridized carbons (Fsp3) is 0.700. The number of hydrogen-bond acceptors (Lipinski definition) is 4. The summed E-state index contributed by atoms with van der Waals surface area (Å²) in [5, 5.41) is 8.59. The second kappa shape index (κ2) is 6.73. The van der Waals surface area contributed by atoms with Crippen LogP contribution in [0.5, 0.6) is 0 Å². The number of imidazole rings is 1. The van der Waals surface area contributed by atoms with Gasteiger partial charge in [0.2, 0.25) is 10.0 Å². The van der Waals surface area contributed by atoms with Crippen LogP contribution in [0.15, 0.2) is 18.7 Å². The third-order valence-electron chi connectivity index (χ3n) is 2.25.